The lowest BCUT2D eigenvalue weighted by atomic mass is 10.2. The molecule has 0 spiro atoms. The fourth-order valence-electron chi connectivity index (χ4n) is 1.95. The van der Waals surface area contributed by atoms with Gasteiger partial charge in [0.1, 0.15) is 11.5 Å². The van der Waals surface area contributed by atoms with Crippen molar-refractivity contribution in [2.45, 2.75) is 18.3 Å². The van der Waals surface area contributed by atoms with E-state index in [2.05, 4.69) is 20.5 Å². The van der Waals surface area contributed by atoms with E-state index in [4.69, 9.17) is 9.63 Å². The SMILES string of the molecule is O=P(O)(Oc1ccc(CSCCCOc2ccccc2)cc1Br)C(F)F. The molecule has 2 aromatic rings. The Morgan fingerprint density at radius 2 is 1.92 bits per heavy atom. The van der Waals surface area contributed by atoms with Gasteiger partial charge >= 0.3 is 13.8 Å². The maximum absolute atomic E-state index is 12.4. The molecule has 0 aliphatic heterocycles. The summed E-state index contributed by atoms with van der Waals surface area (Å²) in [6, 6.07) is 14.4. The number of rotatable bonds is 10. The van der Waals surface area contributed by atoms with Gasteiger partial charge in [-0.05, 0) is 57.9 Å². The Balaban J connectivity index is 1.73. The van der Waals surface area contributed by atoms with E-state index in [1.807, 2.05) is 30.3 Å². The van der Waals surface area contributed by atoms with Gasteiger partial charge in [0.2, 0.25) is 0 Å². The van der Waals surface area contributed by atoms with Gasteiger partial charge in [-0.2, -0.15) is 20.5 Å². The number of thioether (sulfide) groups is 1. The van der Waals surface area contributed by atoms with Gasteiger partial charge in [0.15, 0.2) is 0 Å². The summed E-state index contributed by atoms with van der Waals surface area (Å²) in [6.07, 6.45) is -2.55. The summed E-state index contributed by atoms with van der Waals surface area (Å²) >= 11 is 4.89. The average Bonchev–Trinajstić information content (AvgIpc) is 2.61. The van der Waals surface area contributed by atoms with Crippen molar-refractivity contribution in [3.05, 3.63) is 58.6 Å². The van der Waals surface area contributed by atoms with Crippen LogP contribution in [0.15, 0.2) is 53.0 Å². The van der Waals surface area contributed by atoms with Crippen molar-refractivity contribution in [3.8, 4) is 11.5 Å². The molecule has 1 unspecified atom stereocenters. The van der Waals surface area contributed by atoms with E-state index < -0.39 is 13.8 Å². The van der Waals surface area contributed by atoms with Crippen LogP contribution < -0.4 is 9.26 Å². The maximum atomic E-state index is 12.4. The summed E-state index contributed by atoms with van der Waals surface area (Å²) in [5.74, 6) is 2.39. The van der Waals surface area contributed by atoms with Gasteiger partial charge in [-0.25, -0.2) is 4.57 Å². The summed E-state index contributed by atoms with van der Waals surface area (Å²) in [4.78, 5) is 9.09. The second-order valence-electron chi connectivity index (χ2n) is 5.27. The van der Waals surface area contributed by atoms with Gasteiger partial charge in [-0.15, -0.1) is 0 Å². The second kappa shape index (κ2) is 10.3. The zero-order valence-corrected chi connectivity index (χ0v) is 17.0. The molecule has 142 valence electrons. The largest absolute Gasteiger partial charge is 0.494 e. The summed E-state index contributed by atoms with van der Waals surface area (Å²) in [5.41, 5.74) is 0.947. The van der Waals surface area contributed by atoms with Crippen LogP contribution in [0, 0.1) is 0 Å². The van der Waals surface area contributed by atoms with E-state index in [9.17, 15) is 13.3 Å². The molecular formula is C17H18BrF2O4PS. The van der Waals surface area contributed by atoms with Crippen LogP contribution in [-0.4, -0.2) is 23.4 Å². The van der Waals surface area contributed by atoms with Crippen molar-refractivity contribution >= 4 is 35.3 Å². The lowest BCUT2D eigenvalue weighted by Crippen LogP contribution is -2.01. The van der Waals surface area contributed by atoms with Crippen LogP contribution in [0.3, 0.4) is 0 Å². The van der Waals surface area contributed by atoms with E-state index in [1.165, 1.54) is 6.07 Å². The van der Waals surface area contributed by atoms with Gasteiger partial charge in [0, 0.05) is 5.75 Å². The van der Waals surface area contributed by atoms with E-state index in [0.717, 1.165) is 29.2 Å². The molecule has 4 nitrogen and oxygen atoms in total. The number of hydrogen-bond donors (Lipinski definition) is 1. The van der Waals surface area contributed by atoms with Crippen LogP contribution in [0.4, 0.5) is 8.78 Å². The highest BCUT2D eigenvalue weighted by Gasteiger charge is 2.34. The maximum Gasteiger partial charge on any atom is 0.442 e. The van der Waals surface area contributed by atoms with E-state index in [-0.39, 0.29) is 5.75 Å². The van der Waals surface area contributed by atoms with E-state index in [0.29, 0.717) is 11.1 Å². The zero-order chi connectivity index (χ0) is 19.0. The monoisotopic (exact) mass is 466 g/mol. The average molecular weight is 467 g/mol. The molecule has 26 heavy (non-hydrogen) atoms. The predicted molar refractivity (Wildman–Crippen MR) is 103 cm³/mol. The summed E-state index contributed by atoms with van der Waals surface area (Å²) in [7, 11) is -4.97. The Hall–Kier alpha value is -1.08. The number of benzene rings is 2. The Kier molecular flexibility index (Phi) is 8.41. The first-order valence-corrected chi connectivity index (χ1v) is 11.3. The molecule has 0 bridgehead atoms. The topological polar surface area (TPSA) is 55.8 Å². The molecule has 2 aromatic carbocycles. The van der Waals surface area contributed by atoms with Crippen LogP contribution in [0.25, 0.3) is 0 Å². The van der Waals surface area contributed by atoms with Crippen LogP contribution in [0.2, 0.25) is 0 Å². The molecule has 1 N–H and O–H groups in total. The molecular weight excluding hydrogens is 449 g/mol. The highest BCUT2D eigenvalue weighted by Crippen LogP contribution is 2.50. The zero-order valence-electron chi connectivity index (χ0n) is 13.7. The predicted octanol–water partition coefficient (Wildman–Crippen LogP) is 5.94. The third-order valence-electron chi connectivity index (χ3n) is 3.19. The van der Waals surface area contributed by atoms with Crippen LogP contribution >= 0.6 is 35.3 Å². The first-order chi connectivity index (χ1) is 12.4. The van der Waals surface area contributed by atoms with Crippen molar-refractivity contribution in [2.24, 2.45) is 0 Å². The normalized spacial score (nSPS) is 13.4. The lowest BCUT2D eigenvalue weighted by molar-refractivity contribution is 0.188. The van der Waals surface area contributed by atoms with Crippen molar-refractivity contribution < 1.29 is 27.5 Å². The molecule has 0 saturated heterocycles. The quantitative estimate of drug-likeness (QED) is 0.347. The van der Waals surface area contributed by atoms with Gasteiger partial charge in [0.05, 0.1) is 11.1 Å². The molecule has 0 heterocycles. The van der Waals surface area contributed by atoms with Crippen LogP contribution in [0.5, 0.6) is 11.5 Å². The second-order valence-corrected chi connectivity index (χ2v) is 8.93. The minimum Gasteiger partial charge on any atom is -0.494 e. The fourth-order valence-corrected chi connectivity index (χ4v) is 3.98. The van der Waals surface area contributed by atoms with E-state index in [1.54, 1.807) is 23.9 Å². The third kappa shape index (κ3) is 6.91. The van der Waals surface area contributed by atoms with Gasteiger partial charge < -0.3 is 14.2 Å². The Morgan fingerprint density at radius 1 is 1.19 bits per heavy atom. The smallest absolute Gasteiger partial charge is 0.442 e. The molecule has 0 amide bonds. The highest BCUT2D eigenvalue weighted by atomic mass is 79.9. The molecule has 0 fully saturated rings. The molecule has 0 aliphatic rings. The fraction of sp³-hybridized carbons (Fsp3) is 0.294. The number of alkyl halides is 2. The summed E-state index contributed by atoms with van der Waals surface area (Å²) in [6.45, 7) is 0.632. The first-order valence-electron chi connectivity index (χ1n) is 7.73. The Bertz CT molecular complexity index is 749. The molecule has 1 atom stereocenters. The Morgan fingerprint density at radius 3 is 2.58 bits per heavy atom. The third-order valence-corrected chi connectivity index (χ3v) is 5.87. The molecule has 0 radical (unpaired) electrons. The summed E-state index contributed by atoms with van der Waals surface area (Å²) in [5, 5.41) is 0. The number of ether oxygens (including phenoxy) is 1. The molecule has 0 aromatic heterocycles. The van der Waals surface area contributed by atoms with Crippen LogP contribution in [-0.2, 0) is 10.3 Å². The first kappa shape index (κ1) is 21.2. The van der Waals surface area contributed by atoms with Crippen molar-refractivity contribution in [3.63, 3.8) is 0 Å². The van der Waals surface area contributed by atoms with Crippen molar-refractivity contribution in [1.82, 2.24) is 0 Å². The number of hydrogen-bond acceptors (Lipinski definition) is 4. The van der Waals surface area contributed by atoms with Gasteiger partial charge in [-0.3, -0.25) is 0 Å². The lowest BCUT2D eigenvalue weighted by Gasteiger charge is -2.14. The van der Waals surface area contributed by atoms with Crippen molar-refractivity contribution in [1.29, 1.82) is 0 Å². The Labute approximate surface area is 163 Å². The highest BCUT2D eigenvalue weighted by molar-refractivity contribution is 9.10. The molecule has 0 saturated carbocycles. The van der Waals surface area contributed by atoms with E-state index >= 15 is 0 Å². The van der Waals surface area contributed by atoms with Crippen LogP contribution in [0.1, 0.15) is 12.0 Å². The molecule has 0 aliphatic carbocycles. The standard InChI is InChI=1S/C17H18BrF2O4PS/c18-15-11-13(7-8-16(15)24-25(21,22)17(19)20)12-26-10-4-9-23-14-5-2-1-3-6-14/h1-3,5-8,11,17H,4,9-10,12H2,(H,21,22). The van der Waals surface area contributed by atoms with Crippen molar-refractivity contribution in [2.75, 3.05) is 12.4 Å². The summed E-state index contributed by atoms with van der Waals surface area (Å²) < 4.78 is 46.6. The number of para-hydroxylation sites is 1. The minimum absolute atomic E-state index is 0.0823. The molecule has 2 rings (SSSR count). The molecule has 9 heteroatoms. The number of halogens is 3. The van der Waals surface area contributed by atoms with Gasteiger partial charge in [-0.1, -0.05) is 24.3 Å². The van der Waals surface area contributed by atoms with Gasteiger partial charge in [0.25, 0.3) is 0 Å². The minimum atomic E-state index is -4.97.